The summed E-state index contributed by atoms with van der Waals surface area (Å²) in [5, 5.41) is 1.26. The Morgan fingerprint density at radius 1 is 1.23 bits per heavy atom. The predicted molar refractivity (Wildman–Crippen MR) is 48.3 cm³/mol. The summed E-state index contributed by atoms with van der Waals surface area (Å²) in [6, 6.07) is 6.41. The summed E-state index contributed by atoms with van der Waals surface area (Å²) < 4.78 is 24.5. The van der Waals surface area contributed by atoms with Crippen LogP contribution < -0.4 is 0 Å². The summed E-state index contributed by atoms with van der Waals surface area (Å²) in [4.78, 5) is 2.61. The molecule has 4 heteroatoms. The molecule has 1 aromatic heterocycles. The smallest absolute Gasteiger partial charge is 0.278 e. The Labute approximate surface area is 78.3 Å². The summed E-state index contributed by atoms with van der Waals surface area (Å²) in [5.74, 6) is 0. The number of nitrogens with one attached hydrogen (secondary N) is 1. The molecule has 13 heavy (non-hydrogen) atoms. The van der Waals surface area contributed by atoms with Crippen molar-refractivity contribution in [1.82, 2.24) is 4.98 Å². The molecule has 0 saturated carbocycles. The maximum atomic E-state index is 12.2. The molecule has 0 bridgehead atoms. The monoisotopic (exact) mass is 201 g/mol. The second-order valence-electron chi connectivity index (χ2n) is 2.76. The third-order valence-corrected chi connectivity index (χ3v) is 2.07. The first kappa shape index (κ1) is 8.51. The van der Waals surface area contributed by atoms with Crippen LogP contribution in [0.4, 0.5) is 8.78 Å². The van der Waals surface area contributed by atoms with Crippen LogP contribution >= 0.6 is 11.6 Å². The highest BCUT2D eigenvalue weighted by molar-refractivity contribution is 6.31. The molecule has 0 aliphatic heterocycles. The molecular formula is C9H6ClF2N. The van der Waals surface area contributed by atoms with Crippen molar-refractivity contribution in [3.05, 3.63) is 35.0 Å². The van der Waals surface area contributed by atoms with E-state index in [9.17, 15) is 8.78 Å². The fourth-order valence-corrected chi connectivity index (χ4v) is 1.42. The maximum Gasteiger partial charge on any atom is 0.278 e. The van der Waals surface area contributed by atoms with Gasteiger partial charge in [0.2, 0.25) is 0 Å². The van der Waals surface area contributed by atoms with Gasteiger partial charge in [-0.1, -0.05) is 11.6 Å². The number of aromatic amines is 1. The van der Waals surface area contributed by atoms with Crippen molar-refractivity contribution in [2.24, 2.45) is 0 Å². The molecule has 0 fully saturated rings. The first-order valence-electron chi connectivity index (χ1n) is 3.73. The molecule has 1 heterocycles. The lowest BCUT2D eigenvalue weighted by atomic mass is 10.2. The zero-order valence-electron chi connectivity index (χ0n) is 6.52. The third-order valence-electron chi connectivity index (χ3n) is 1.84. The highest BCUT2D eigenvalue weighted by Crippen LogP contribution is 2.25. The van der Waals surface area contributed by atoms with E-state index >= 15 is 0 Å². The molecule has 0 aliphatic rings. The van der Waals surface area contributed by atoms with E-state index in [1.54, 1.807) is 18.2 Å². The Hall–Kier alpha value is -1.09. The number of aromatic nitrogens is 1. The van der Waals surface area contributed by atoms with Crippen molar-refractivity contribution in [2.75, 3.05) is 0 Å². The highest BCUT2D eigenvalue weighted by atomic mass is 35.5. The topological polar surface area (TPSA) is 15.8 Å². The van der Waals surface area contributed by atoms with Crippen LogP contribution in [-0.2, 0) is 0 Å². The molecule has 2 rings (SSSR count). The Kier molecular flexibility index (Phi) is 1.96. The molecule has 2 aromatic rings. The standard InChI is InChI=1S/C9H6ClF2N/c10-6-1-2-7-5(3-6)4-8(13-7)9(11)12/h1-4,9,13H. The number of halogens is 3. The number of hydrogen-bond donors (Lipinski definition) is 1. The number of rotatable bonds is 1. The molecule has 0 spiro atoms. The summed E-state index contributed by atoms with van der Waals surface area (Å²) >= 11 is 5.71. The van der Waals surface area contributed by atoms with Crippen molar-refractivity contribution >= 4 is 22.5 Å². The molecule has 0 aliphatic carbocycles. The third kappa shape index (κ3) is 1.52. The van der Waals surface area contributed by atoms with E-state index < -0.39 is 6.43 Å². The van der Waals surface area contributed by atoms with Gasteiger partial charge in [-0.2, -0.15) is 0 Å². The molecule has 0 saturated heterocycles. The Bertz CT molecular complexity index is 436. The number of alkyl halides is 2. The fourth-order valence-electron chi connectivity index (χ4n) is 1.24. The molecule has 0 unspecified atom stereocenters. The number of benzene rings is 1. The van der Waals surface area contributed by atoms with Crippen LogP contribution in [0, 0.1) is 0 Å². The normalized spacial score (nSPS) is 11.4. The van der Waals surface area contributed by atoms with Crippen LogP contribution in [0.25, 0.3) is 10.9 Å². The van der Waals surface area contributed by atoms with Gasteiger partial charge in [-0.3, -0.25) is 0 Å². The minimum absolute atomic E-state index is 0.0720. The molecule has 0 radical (unpaired) electrons. The molecule has 0 atom stereocenters. The number of hydrogen-bond acceptors (Lipinski definition) is 0. The second kappa shape index (κ2) is 3.00. The van der Waals surface area contributed by atoms with Crippen molar-refractivity contribution in [3.8, 4) is 0 Å². The van der Waals surface area contributed by atoms with Crippen molar-refractivity contribution in [3.63, 3.8) is 0 Å². The van der Waals surface area contributed by atoms with Crippen LogP contribution in [0.3, 0.4) is 0 Å². The molecular weight excluding hydrogens is 196 g/mol. The van der Waals surface area contributed by atoms with E-state index in [0.717, 1.165) is 0 Å². The molecule has 0 amide bonds. The molecule has 68 valence electrons. The SMILES string of the molecule is FC(F)c1cc2cc(Cl)ccc2[nH]1. The van der Waals surface area contributed by atoms with Crippen LogP contribution in [0.2, 0.25) is 5.02 Å². The fraction of sp³-hybridized carbons (Fsp3) is 0.111. The van der Waals surface area contributed by atoms with Gasteiger partial charge in [-0.15, -0.1) is 0 Å². The lowest BCUT2D eigenvalue weighted by Gasteiger charge is -1.90. The Morgan fingerprint density at radius 2 is 2.00 bits per heavy atom. The zero-order chi connectivity index (χ0) is 9.42. The van der Waals surface area contributed by atoms with E-state index in [1.165, 1.54) is 6.07 Å². The lowest BCUT2D eigenvalue weighted by Crippen LogP contribution is -1.80. The van der Waals surface area contributed by atoms with E-state index in [1.807, 2.05) is 0 Å². The van der Waals surface area contributed by atoms with E-state index in [-0.39, 0.29) is 5.69 Å². The zero-order valence-corrected chi connectivity index (χ0v) is 7.28. The quantitative estimate of drug-likeness (QED) is 0.723. The average molecular weight is 202 g/mol. The van der Waals surface area contributed by atoms with Crippen LogP contribution in [0.1, 0.15) is 12.1 Å². The maximum absolute atomic E-state index is 12.2. The van der Waals surface area contributed by atoms with E-state index in [2.05, 4.69) is 4.98 Å². The Balaban J connectivity index is 2.62. The molecule has 1 aromatic carbocycles. The minimum atomic E-state index is -2.47. The van der Waals surface area contributed by atoms with Gasteiger partial charge in [0.25, 0.3) is 6.43 Å². The summed E-state index contributed by atoms with van der Waals surface area (Å²) in [6.45, 7) is 0. The molecule has 1 N–H and O–H groups in total. The summed E-state index contributed by atoms with van der Waals surface area (Å²) in [7, 11) is 0. The van der Waals surface area contributed by atoms with Crippen LogP contribution in [0.15, 0.2) is 24.3 Å². The van der Waals surface area contributed by atoms with Gasteiger partial charge in [-0.25, -0.2) is 8.78 Å². The second-order valence-corrected chi connectivity index (χ2v) is 3.19. The van der Waals surface area contributed by atoms with Crippen molar-refractivity contribution in [1.29, 1.82) is 0 Å². The number of H-pyrrole nitrogens is 1. The van der Waals surface area contributed by atoms with Crippen molar-refractivity contribution in [2.45, 2.75) is 6.43 Å². The Morgan fingerprint density at radius 3 is 2.69 bits per heavy atom. The van der Waals surface area contributed by atoms with Crippen molar-refractivity contribution < 1.29 is 8.78 Å². The summed E-state index contributed by atoms with van der Waals surface area (Å²) in [5.41, 5.74) is 0.608. The molecule has 1 nitrogen and oxygen atoms in total. The van der Waals surface area contributed by atoms with Gasteiger partial charge in [0.1, 0.15) is 0 Å². The van der Waals surface area contributed by atoms with Gasteiger partial charge >= 0.3 is 0 Å². The predicted octanol–water partition coefficient (Wildman–Crippen LogP) is 3.76. The first-order valence-corrected chi connectivity index (χ1v) is 4.11. The summed E-state index contributed by atoms with van der Waals surface area (Å²) in [6.07, 6.45) is -2.47. The highest BCUT2D eigenvalue weighted by Gasteiger charge is 2.09. The van der Waals surface area contributed by atoms with Gasteiger partial charge in [0.05, 0.1) is 5.69 Å². The van der Waals surface area contributed by atoms with Gasteiger partial charge in [-0.05, 0) is 24.3 Å². The average Bonchev–Trinajstić information content (AvgIpc) is 2.46. The van der Waals surface area contributed by atoms with E-state index in [0.29, 0.717) is 15.9 Å². The van der Waals surface area contributed by atoms with Gasteiger partial charge in [0.15, 0.2) is 0 Å². The lowest BCUT2D eigenvalue weighted by molar-refractivity contribution is 0.147. The van der Waals surface area contributed by atoms with Gasteiger partial charge in [0, 0.05) is 15.9 Å². The number of fused-ring (bicyclic) bond motifs is 1. The van der Waals surface area contributed by atoms with E-state index in [4.69, 9.17) is 11.6 Å². The van der Waals surface area contributed by atoms with Crippen LogP contribution in [-0.4, -0.2) is 4.98 Å². The van der Waals surface area contributed by atoms with Gasteiger partial charge < -0.3 is 4.98 Å². The van der Waals surface area contributed by atoms with Crippen LogP contribution in [0.5, 0.6) is 0 Å². The largest absolute Gasteiger partial charge is 0.354 e. The first-order chi connectivity index (χ1) is 6.16. The minimum Gasteiger partial charge on any atom is -0.354 e.